The molecule has 6 nitrogen and oxygen atoms in total. The molecule has 0 bridgehead atoms. The number of imide groups is 3. The maximum Gasteiger partial charge on any atom is 0.270 e. The molecule has 1 aliphatic rings. The second-order valence-corrected chi connectivity index (χ2v) is 5.11. The maximum atomic E-state index is 12.3. The third-order valence-corrected chi connectivity index (χ3v) is 3.24. The van der Waals surface area contributed by atoms with Crippen LogP contribution in [0.25, 0.3) is 0 Å². The number of nitrogens with two attached hydrogens (primary N) is 2. The van der Waals surface area contributed by atoms with Crippen LogP contribution in [0.4, 0.5) is 5.69 Å². The Kier molecular flexibility index (Phi) is 2.90. The zero-order chi connectivity index (χ0) is 14.4. The van der Waals surface area contributed by atoms with Crippen LogP contribution in [-0.2, 0) is 4.79 Å². The summed E-state index contributed by atoms with van der Waals surface area (Å²) in [7, 11) is 0. The van der Waals surface area contributed by atoms with Crippen LogP contribution in [0.2, 0.25) is 0 Å². The highest BCUT2D eigenvalue weighted by Gasteiger charge is 2.45. The summed E-state index contributed by atoms with van der Waals surface area (Å²) in [4.78, 5) is 37.2. The van der Waals surface area contributed by atoms with Crippen molar-refractivity contribution in [2.24, 2.45) is 11.1 Å². The number of hydrogen-bond donors (Lipinski definition) is 2. The number of rotatable bonds is 2. The van der Waals surface area contributed by atoms with E-state index in [2.05, 4.69) is 0 Å². The smallest absolute Gasteiger partial charge is 0.270 e. The molecule has 0 atom stereocenters. The minimum atomic E-state index is -0.984. The fourth-order valence-corrected chi connectivity index (χ4v) is 1.89. The first-order valence-electron chi connectivity index (χ1n) is 5.83. The van der Waals surface area contributed by atoms with E-state index >= 15 is 0 Å². The monoisotopic (exact) mass is 261 g/mol. The van der Waals surface area contributed by atoms with Gasteiger partial charge in [-0.15, -0.1) is 0 Å². The average molecular weight is 261 g/mol. The molecule has 3 amide bonds. The lowest BCUT2D eigenvalue weighted by Gasteiger charge is -2.25. The van der Waals surface area contributed by atoms with Crippen molar-refractivity contribution in [2.45, 2.75) is 13.8 Å². The van der Waals surface area contributed by atoms with Gasteiger partial charge in [0.15, 0.2) is 0 Å². The summed E-state index contributed by atoms with van der Waals surface area (Å²) in [6, 6.07) is 4.57. The number of carbonyl (C=O) groups is 3. The van der Waals surface area contributed by atoms with Crippen LogP contribution in [0, 0.1) is 5.41 Å². The van der Waals surface area contributed by atoms with E-state index in [0.29, 0.717) is 4.90 Å². The summed E-state index contributed by atoms with van der Waals surface area (Å²) >= 11 is 0. The summed E-state index contributed by atoms with van der Waals surface area (Å²) in [5.74, 6) is -1.93. The topological polar surface area (TPSA) is 106 Å². The van der Waals surface area contributed by atoms with E-state index in [4.69, 9.17) is 11.5 Å². The molecule has 2 rings (SSSR count). The van der Waals surface area contributed by atoms with E-state index in [1.54, 1.807) is 19.9 Å². The Morgan fingerprint density at radius 3 is 2.42 bits per heavy atom. The van der Waals surface area contributed by atoms with Crippen LogP contribution < -0.4 is 11.5 Å². The van der Waals surface area contributed by atoms with Gasteiger partial charge in [-0.3, -0.25) is 14.4 Å². The molecule has 0 saturated carbocycles. The number of anilines is 1. The third-order valence-electron chi connectivity index (χ3n) is 3.24. The van der Waals surface area contributed by atoms with Crippen LogP contribution in [0.1, 0.15) is 34.6 Å². The number of amides is 3. The Balaban J connectivity index is 2.50. The van der Waals surface area contributed by atoms with E-state index in [1.165, 1.54) is 12.1 Å². The van der Waals surface area contributed by atoms with Crippen molar-refractivity contribution < 1.29 is 14.4 Å². The molecule has 0 fully saturated rings. The number of hydrogen-bond acceptors (Lipinski definition) is 5. The van der Waals surface area contributed by atoms with Crippen molar-refractivity contribution in [1.29, 1.82) is 0 Å². The van der Waals surface area contributed by atoms with Crippen molar-refractivity contribution in [3.05, 3.63) is 29.3 Å². The van der Waals surface area contributed by atoms with Crippen molar-refractivity contribution in [2.75, 3.05) is 12.3 Å². The fourth-order valence-electron chi connectivity index (χ4n) is 1.89. The summed E-state index contributed by atoms with van der Waals surface area (Å²) in [5.41, 5.74) is 10.7. The van der Waals surface area contributed by atoms with Gasteiger partial charge in [0.25, 0.3) is 11.8 Å². The van der Waals surface area contributed by atoms with E-state index < -0.39 is 23.1 Å². The minimum absolute atomic E-state index is 0.0364. The second-order valence-electron chi connectivity index (χ2n) is 5.11. The molecule has 1 heterocycles. The lowest BCUT2D eigenvalue weighted by Crippen LogP contribution is -2.47. The molecule has 0 unspecified atom stereocenters. The standard InChI is InChI=1S/C13H15N3O3/c1-13(2,6-14)12(19)16-10(17)7-4-3-5-8(15)9(7)11(16)18/h3-5H,6,14-15H2,1-2H3. The third kappa shape index (κ3) is 1.80. The Hall–Kier alpha value is -2.21. The zero-order valence-corrected chi connectivity index (χ0v) is 10.8. The van der Waals surface area contributed by atoms with Crippen LogP contribution in [0.5, 0.6) is 0 Å². The number of nitrogen functional groups attached to an aromatic ring is 1. The first-order chi connectivity index (χ1) is 8.81. The maximum absolute atomic E-state index is 12.3. The fraction of sp³-hybridized carbons (Fsp3) is 0.308. The first-order valence-corrected chi connectivity index (χ1v) is 5.83. The average Bonchev–Trinajstić information content (AvgIpc) is 2.62. The van der Waals surface area contributed by atoms with Gasteiger partial charge < -0.3 is 11.5 Å². The van der Waals surface area contributed by atoms with Crippen LogP contribution in [0.15, 0.2) is 18.2 Å². The molecule has 100 valence electrons. The second kappa shape index (κ2) is 4.17. The minimum Gasteiger partial charge on any atom is -0.398 e. The number of fused-ring (bicyclic) bond motifs is 1. The predicted molar refractivity (Wildman–Crippen MR) is 69.2 cm³/mol. The van der Waals surface area contributed by atoms with Crippen LogP contribution in [-0.4, -0.2) is 29.2 Å². The van der Waals surface area contributed by atoms with Gasteiger partial charge in [0.05, 0.1) is 16.5 Å². The molecule has 1 aliphatic heterocycles. The molecule has 19 heavy (non-hydrogen) atoms. The van der Waals surface area contributed by atoms with Crippen molar-refractivity contribution in [3.63, 3.8) is 0 Å². The molecule has 1 aromatic carbocycles. The lowest BCUT2D eigenvalue weighted by atomic mass is 9.92. The van der Waals surface area contributed by atoms with Gasteiger partial charge in [-0.2, -0.15) is 0 Å². The Morgan fingerprint density at radius 1 is 1.26 bits per heavy atom. The Bertz CT molecular complexity index is 593. The van der Waals surface area contributed by atoms with E-state index in [0.717, 1.165) is 0 Å². The lowest BCUT2D eigenvalue weighted by molar-refractivity contribution is -0.134. The van der Waals surface area contributed by atoms with Gasteiger partial charge in [0.2, 0.25) is 5.91 Å². The zero-order valence-electron chi connectivity index (χ0n) is 10.8. The Morgan fingerprint density at radius 2 is 1.89 bits per heavy atom. The van der Waals surface area contributed by atoms with Gasteiger partial charge in [-0.25, -0.2) is 4.90 Å². The molecule has 4 N–H and O–H groups in total. The predicted octanol–water partition coefficient (Wildman–Crippen LogP) is 0.376. The number of nitrogens with zero attached hydrogens (tertiary/aromatic N) is 1. The molecule has 0 aromatic heterocycles. The molecule has 0 saturated heterocycles. The number of benzene rings is 1. The Labute approximate surface area is 110 Å². The van der Waals surface area contributed by atoms with Gasteiger partial charge in [-0.05, 0) is 26.0 Å². The van der Waals surface area contributed by atoms with E-state index in [1.807, 2.05) is 0 Å². The van der Waals surface area contributed by atoms with Crippen LogP contribution >= 0.6 is 0 Å². The van der Waals surface area contributed by atoms with Crippen molar-refractivity contribution >= 4 is 23.4 Å². The molecule has 0 aliphatic carbocycles. The molecular weight excluding hydrogens is 246 g/mol. The molecular formula is C13H15N3O3. The molecule has 6 heteroatoms. The summed E-state index contributed by atoms with van der Waals surface area (Å²) in [6.07, 6.45) is 0. The summed E-state index contributed by atoms with van der Waals surface area (Å²) < 4.78 is 0. The van der Waals surface area contributed by atoms with E-state index in [9.17, 15) is 14.4 Å². The normalized spacial score (nSPS) is 14.8. The number of carbonyl (C=O) groups excluding carboxylic acids is 3. The quantitative estimate of drug-likeness (QED) is 0.591. The van der Waals surface area contributed by atoms with Gasteiger partial charge in [0.1, 0.15) is 0 Å². The summed E-state index contributed by atoms with van der Waals surface area (Å²) in [5, 5.41) is 0. The van der Waals surface area contributed by atoms with E-state index in [-0.39, 0.29) is 23.4 Å². The highest BCUT2D eigenvalue weighted by Crippen LogP contribution is 2.30. The van der Waals surface area contributed by atoms with Crippen LogP contribution in [0.3, 0.4) is 0 Å². The van der Waals surface area contributed by atoms with Gasteiger partial charge in [-0.1, -0.05) is 6.07 Å². The molecule has 0 radical (unpaired) electrons. The largest absolute Gasteiger partial charge is 0.398 e. The van der Waals surface area contributed by atoms with Gasteiger partial charge in [0, 0.05) is 12.2 Å². The first kappa shape index (κ1) is 13.2. The summed E-state index contributed by atoms with van der Waals surface area (Å²) in [6.45, 7) is 3.21. The molecule has 0 spiro atoms. The SMILES string of the molecule is CC(C)(CN)C(=O)N1C(=O)c2cccc(N)c2C1=O. The van der Waals surface area contributed by atoms with Crippen molar-refractivity contribution in [1.82, 2.24) is 4.90 Å². The highest BCUT2D eigenvalue weighted by molar-refractivity contribution is 6.31. The van der Waals surface area contributed by atoms with Gasteiger partial charge >= 0.3 is 0 Å². The van der Waals surface area contributed by atoms with Crippen molar-refractivity contribution in [3.8, 4) is 0 Å². The molecule has 1 aromatic rings. The highest BCUT2D eigenvalue weighted by atomic mass is 16.2.